The van der Waals surface area contributed by atoms with Crippen LogP contribution >= 0.6 is 11.6 Å². The quantitative estimate of drug-likeness (QED) is 0.446. The second-order valence-corrected chi connectivity index (χ2v) is 8.88. The molecule has 33 heavy (non-hydrogen) atoms. The monoisotopic (exact) mass is 459 g/mol. The molecule has 6 nitrogen and oxygen atoms in total. The number of aromatic nitrogens is 3. The molecule has 0 radical (unpaired) electrons. The van der Waals surface area contributed by atoms with Crippen LogP contribution in [0.5, 0.6) is 0 Å². The number of rotatable bonds is 4. The molecular weight excluding hydrogens is 434 g/mol. The summed E-state index contributed by atoms with van der Waals surface area (Å²) >= 11 is 6.27. The highest BCUT2D eigenvalue weighted by molar-refractivity contribution is 6.31. The molecule has 7 heteroatoms. The van der Waals surface area contributed by atoms with E-state index in [0.717, 1.165) is 47.6 Å². The van der Waals surface area contributed by atoms with Gasteiger partial charge in [-0.3, -0.25) is 14.7 Å². The van der Waals surface area contributed by atoms with Gasteiger partial charge < -0.3 is 4.90 Å². The number of halogens is 1. The number of pyridine rings is 1. The Morgan fingerprint density at radius 3 is 2.39 bits per heavy atom. The molecule has 1 saturated heterocycles. The highest BCUT2D eigenvalue weighted by Gasteiger charge is 2.23. The summed E-state index contributed by atoms with van der Waals surface area (Å²) in [7, 11) is 0. The number of nitrogens with zero attached hydrogens (tertiary/aromatic N) is 5. The van der Waals surface area contributed by atoms with Crippen LogP contribution in [-0.4, -0.2) is 56.7 Å². The van der Waals surface area contributed by atoms with Gasteiger partial charge in [0.25, 0.3) is 5.91 Å². The van der Waals surface area contributed by atoms with Crippen molar-refractivity contribution in [2.75, 3.05) is 26.2 Å². The Labute approximate surface area is 198 Å². The number of benzene rings is 2. The summed E-state index contributed by atoms with van der Waals surface area (Å²) in [5.74, 6) is 0.0689. The zero-order valence-corrected chi connectivity index (χ0v) is 19.6. The largest absolute Gasteiger partial charge is 0.336 e. The maximum Gasteiger partial charge on any atom is 0.253 e. The molecule has 3 heterocycles. The molecule has 0 atom stereocenters. The molecule has 0 unspecified atom stereocenters. The number of fused-ring (bicyclic) bond motifs is 1. The van der Waals surface area contributed by atoms with Crippen molar-refractivity contribution >= 4 is 28.4 Å². The van der Waals surface area contributed by atoms with E-state index in [0.29, 0.717) is 23.7 Å². The van der Waals surface area contributed by atoms with Crippen LogP contribution in [0.1, 0.15) is 27.3 Å². The molecule has 0 saturated carbocycles. The van der Waals surface area contributed by atoms with E-state index < -0.39 is 0 Å². The molecule has 1 amide bonds. The fourth-order valence-corrected chi connectivity index (χ4v) is 4.57. The van der Waals surface area contributed by atoms with Gasteiger partial charge in [0, 0.05) is 49.9 Å². The minimum Gasteiger partial charge on any atom is -0.336 e. The van der Waals surface area contributed by atoms with E-state index in [1.807, 2.05) is 60.0 Å². The lowest BCUT2D eigenvalue weighted by molar-refractivity contribution is 0.0629. The van der Waals surface area contributed by atoms with E-state index in [-0.39, 0.29) is 5.91 Å². The maximum atomic E-state index is 13.1. The van der Waals surface area contributed by atoms with Gasteiger partial charge in [0.2, 0.25) is 0 Å². The standard InChI is InChI=1S/C26H26ClN5O/c1-18-24(27)19(2)32(29-18)23-10-8-21(9-11-23)26(33)31-15-13-30(14-16-31)17-22-6-3-5-20-7-4-12-28-25(20)22/h3-12H,13-17H2,1-2H3. The lowest BCUT2D eigenvalue weighted by Gasteiger charge is -2.35. The van der Waals surface area contributed by atoms with Crippen LogP contribution in [0, 0.1) is 13.8 Å². The Hall–Kier alpha value is -3.22. The van der Waals surface area contributed by atoms with Crippen LogP contribution in [0.2, 0.25) is 5.02 Å². The average Bonchev–Trinajstić information content (AvgIpc) is 3.11. The number of amides is 1. The Morgan fingerprint density at radius 2 is 1.70 bits per heavy atom. The fourth-order valence-electron chi connectivity index (χ4n) is 4.45. The summed E-state index contributed by atoms with van der Waals surface area (Å²) in [6.45, 7) is 7.79. The summed E-state index contributed by atoms with van der Waals surface area (Å²) in [5.41, 5.74) is 5.57. The van der Waals surface area contributed by atoms with E-state index in [1.165, 1.54) is 5.56 Å². The van der Waals surface area contributed by atoms with E-state index in [9.17, 15) is 4.79 Å². The van der Waals surface area contributed by atoms with Crippen molar-refractivity contribution in [3.8, 4) is 5.69 Å². The molecule has 0 N–H and O–H groups in total. The highest BCUT2D eigenvalue weighted by Crippen LogP contribution is 2.23. The van der Waals surface area contributed by atoms with E-state index in [4.69, 9.17) is 11.6 Å². The van der Waals surface area contributed by atoms with Crippen molar-refractivity contribution in [1.29, 1.82) is 0 Å². The molecule has 2 aromatic carbocycles. The second kappa shape index (κ2) is 8.96. The van der Waals surface area contributed by atoms with Crippen molar-refractivity contribution in [2.24, 2.45) is 0 Å². The molecule has 4 aromatic rings. The smallest absolute Gasteiger partial charge is 0.253 e. The van der Waals surface area contributed by atoms with E-state index >= 15 is 0 Å². The van der Waals surface area contributed by atoms with Gasteiger partial charge >= 0.3 is 0 Å². The molecule has 0 aliphatic carbocycles. The molecule has 168 valence electrons. The Balaban J connectivity index is 1.23. The lowest BCUT2D eigenvalue weighted by Crippen LogP contribution is -2.48. The molecule has 2 aromatic heterocycles. The molecule has 1 aliphatic rings. The predicted molar refractivity (Wildman–Crippen MR) is 131 cm³/mol. The third-order valence-corrected chi connectivity index (χ3v) is 6.88. The number of carbonyl (C=O) groups is 1. The van der Waals surface area contributed by atoms with Crippen LogP contribution < -0.4 is 0 Å². The first-order valence-corrected chi connectivity index (χ1v) is 11.6. The number of hydrogen-bond acceptors (Lipinski definition) is 4. The minimum absolute atomic E-state index is 0.0689. The van der Waals surface area contributed by atoms with Gasteiger partial charge in [0.15, 0.2) is 0 Å². The Morgan fingerprint density at radius 1 is 0.970 bits per heavy atom. The number of piperazine rings is 1. The van der Waals surface area contributed by atoms with Crippen molar-refractivity contribution in [3.05, 3.63) is 88.3 Å². The second-order valence-electron chi connectivity index (χ2n) is 8.50. The van der Waals surface area contributed by atoms with Crippen molar-refractivity contribution in [3.63, 3.8) is 0 Å². The van der Waals surface area contributed by atoms with Crippen LogP contribution in [0.15, 0.2) is 60.8 Å². The van der Waals surface area contributed by atoms with E-state index in [1.54, 1.807) is 0 Å². The molecular formula is C26H26ClN5O. The van der Waals surface area contributed by atoms with Gasteiger partial charge in [0.05, 0.1) is 27.6 Å². The van der Waals surface area contributed by atoms with Crippen LogP contribution in [-0.2, 0) is 6.54 Å². The average molecular weight is 460 g/mol. The Kier molecular flexibility index (Phi) is 5.87. The Bertz CT molecular complexity index is 1300. The number of hydrogen-bond donors (Lipinski definition) is 0. The number of carbonyl (C=O) groups excluding carboxylic acids is 1. The van der Waals surface area contributed by atoms with Gasteiger partial charge in [-0.15, -0.1) is 0 Å². The third-order valence-electron chi connectivity index (χ3n) is 6.33. The van der Waals surface area contributed by atoms with Crippen LogP contribution in [0.25, 0.3) is 16.6 Å². The summed E-state index contributed by atoms with van der Waals surface area (Å²) in [6.07, 6.45) is 1.84. The summed E-state index contributed by atoms with van der Waals surface area (Å²) < 4.78 is 1.81. The summed E-state index contributed by atoms with van der Waals surface area (Å²) in [4.78, 5) is 22.0. The minimum atomic E-state index is 0.0689. The van der Waals surface area contributed by atoms with E-state index in [2.05, 4.69) is 39.2 Å². The summed E-state index contributed by atoms with van der Waals surface area (Å²) in [6, 6.07) is 18.0. The molecule has 0 bridgehead atoms. The van der Waals surface area contributed by atoms with Gasteiger partial charge in [-0.1, -0.05) is 35.9 Å². The van der Waals surface area contributed by atoms with Crippen molar-refractivity contribution in [2.45, 2.75) is 20.4 Å². The lowest BCUT2D eigenvalue weighted by atomic mass is 10.1. The fraction of sp³-hybridized carbons (Fsp3) is 0.269. The predicted octanol–water partition coefficient (Wildman–Crippen LogP) is 4.65. The maximum absolute atomic E-state index is 13.1. The SMILES string of the molecule is Cc1nn(-c2ccc(C(=O)N3CCN(Cc4cccc5cccnc45)CC3)cc2)c(C)c1Cl. The molecule has 5 rings (SSSR count). The molecule has 1 aliphatic heterocycles. The highest BCUT2D eigenvalue weighted by atomic mass is 35.5. The first-order chi connectivity index (χ1) is 16.0. The zero-order chi connectivity index (χ0) is 22.9. The molecule has 0 spiro atoms. The van der Waals surface area contributed by atoms with Crippen LogP contribution in [0.3, 0.4) is 0 Å². The zero-order valence-electron chi connectivity index (χ0n) is 18.8. The van der Waals surface area contributed by atoms with Crippen molar-refractivity contribution in [1.82, 2.24) is 24.6 Å². The van der Waals surface area contributed by atoms with Gasteiger partial charge in [-0.05, 0) is 49.7 Å². The third kappa shape index (κ3) is 4.24. The van der Waals surface area contributed by atoms with Gasteiger partial charge in [-0.25, -0.2) is 4.68 Å². The van der Waals surface area contributed by atoms with Gasteiger partial charge in [0.1, 0.15) is 0 Å². The van der Waals surface area contributed by atoms with Gasteiger partial charge in [-0.2, -0.15) is 5.10 Å². The molecule has 1 fully saturated rings. The summed E-state index contributed by atoms with van der Waals surface area (Å²) in [5, 5.41) is 6.32. The number of aryl methyl sites for hydroxylation is 1. The first-order valence-electron chi connectivity index (χ1n) is 11.2. The topological polar surface area (TPSA) is 54.3 Å². The normalized spacial score (nSPS) is 14.7. The van der Waals surface area contributed by atoms with Crippen molar-refractivity contribution < 1.29 is 4.79 Å². The number of para-hydroxylation sites is 1. The first kappa shape index (κ1) is 21.6. The van der Waals surface area contributed by atoms with Crippen LogP contribution in [0.4, 0.5) is 0 Å².